The number of amidine groups is 1. The van der Waals surface area contributed by atoms with Gasteiger partial charge in [0.05, 0.1) is 5.70 Å². The van der Waals surface area contributed by atoms with E-state index in [4.69, 9.17) is 20.9 Å². The summed E-state index contributed by atoms with van der Waals surface area (Å²) in [7, 11) is 0. The lowest BCUT2D eigenvalue weighted by Crippen LogP contribution is -2.17. The number of ether oxygens (including phenoxy) is 1. The number of hydrogen-bond donors (Lipinski definition) is 2. The van der Waals surface area contributed by atoms with Crippen molar-refractivity contribution in [3.63, 3.8) is 0 Å². The number of aromatic nitrogens is 1. The van der Waals surface area contributed by atoms with Crippen LogP contribution in [0.5, 0.6) is 0 Å². The topological polar surface area (TPSA) is 126 Å². The van der Waals surface area contributed by atoms with Crippen LogP contribution in [0.4, 0.5) is 10.5 Å². The van der Waals surface area contributed by atoms with Crippen molar-refractivity contribution in [1.82, 2.24) is 5.16 Å². The number of nitrogens with zero attached hydrogens (tertiary/aromatic N) is 3. The molecule has 3 heterocycles. The lowest BCUT2D eigenvalue weighted by molar-refractivity contribution is -0.141. The summed E-state index contributed by atoms with van der Waals surface area (Å²) in [6.45, 7) is 3.36. The molecule has 0 radical (unpaired) electrons. The van der Waals surface area contributed by atoms with Gasteiger partial charge in [-0.25, -0.2) is 14.8 Å². The molecular formula is C25H19ClN4O5. The molecule has 2 aliphatic heterocycles. The Morgan fingerprint density at radius 3 is 2.69 bits per heavy atom. The van der Waals surface area contributed by atoms with Crippen molar-refractivity contribution in [2.24, 2.45) is 15.4 Å². The standard InChI is InChI=1S/C25H19ClN4O5/c1-13(17-5-3-4-6-18(17)26)34-24(33)29-21-14(2)35-30-19(21)8-7-16-11-15-12-20(28-22(15)27-16)25(9-10-25)23(31)32/h3-6,11-13H,9-10H2,1-2H3,(H,29,33)(H,31,32). The molecule has 1 amide bonds. The van der Waals surface area contributed by atoms with Gasteiger partial charge in [0, 0.05) is 16.2 Å². The summed E-state index contributed by atoms with van der Waals surface area (Å²) < 4.78 is 10.6. The molecule has 1 aliphatic carbocycles. The Kier molecular flexibility index (Phi) is 5.53. The molecule has 1 unspecified atom stereocenters. The van der Waals surface area contributed by atoms with E-state index in [9.17, 15) is 14.7 Å². The minimum atomic E-state index is -0.879. The molecule has 2 aromatic rings. The monoisotopic (exact) mass is 490 g/mol. The van der Waals surface area contributed by atoms with Crippen LogP contribution >= 0.6 is 11.6 Å². The second-order valence-corrected chi connectivity index (χ2v) is 8.76. The molecule has 5 rings (SSSR count). The summed E-state index contributed by atoms with van der Waals surface area (Å²) in [6, 6.07) is 7.11. The normalized spacial score (nSPS) is 17.7. The number of carboxylic acids is 1. The van der Waals surface area contributed by atoms with Gasteiger partial charge in [-0.05, 0) is 56.7 Å². The first-order valence-corrected chi connectivity index (χ1v) is 11.2. The van der Waals surface area contributed by atoms with Gasteiger partial charge in [0.2, 0.25) is 0 Å². The predicted octanol–water partition coefficient (Wildman–Crippen LogP) is 4.84. The number of aliphatic imine (C=N–C) groups is 2. The SMILES string of the molecule is Cc1onc(C#CC2=NC3=NC(C4(C(=O)O)CC4)=CC3=C2)c1NC(=O)OC(C)c1ccccc1Cl. The third-order valence-corrected chi connectivity index (χ3v) is 6.32. The maximum absolute atomic E-state index is 12.5. The number of rotatable bonds is 5. The molecule has 3 aliphatic rings. The van der Waals surface area contributed by atoms with Gasteiger partial charge in [-0.1, -0.05) is 35.0 Å². The predicted molar refractivity (Wildman–Crippen MR) is 128 cm³/mol. The fourth-order valence-electron chi connectivity index (χ4n) is 3.81. The maximum atomic E-state index is 12.5. The molecule has 0 spiro atoms. The van der Waals surface area contributed by atoms with E-state index in [0.717, 1.165) is 5.57 Å². The number of carbonyl (C=O) groups is 2. The van der Waals surface area contributed by atoms with Crippen LogP contribution in [0.3, 0.4) is 0 Å². The van der Waals surface area contributed by atoms with Crippen molar-refractivity contribution in [1.29, 1.82) is 0 Å². The molecule has 0 bridgehead atoms. The molecule has 35 heavy (non-hydrogen) atoms. The molecule has 1 aromatic carbocycles. The lowest BCUT2D eigenvalue weighted by Gasteiger charge is -2.15. The van der Waals surface area contributed by atoms with Crippen LogP contribution in [0, 0.1) is 24.2 Å². The van der Waals surface area contributed by atoms with Gasteiger partial charge in [-0.2, -0.15) is 0 Å². The molecular weight excluding hydrogens is 472 g/mol. The Hall–Kier alpha value is -4.16. The lowest BCUT2D eigenvalue weighted by atomic mass is 10.0. The summed E-state index contributed by atoms with van der Waals surface area (Å²) in [4.78, 5) is 32.8. The quantitative estimate of drug-likeness (QED) is 0.577. The second-order valence-electron chi connectivity index (χ2n) is 8.36. The Labute approximate surface area is 205 Å². The van der Waals surface area contributed by atoms with Gasteiger partial charge in [-0.15, -0.1) is 0 Å². The maximum Gasteiger partial charge on any atom is 0.412 e. The molecule has 0 saturated heterocycles. The number of carbonyl (C=O) groups excluding carboxylic acids is 1. The van der Waals surface area contributed by atoms with Crippen LogP contribution in [0.15, 0.2) is 62.2 Å². The number of halogens is 1. The molecule has 1 fully saturated rings. The molecule has 1 aromatic heterocycles. The average molecular weight is 491 g/mol. The fourth-order valence-corrected chi connectivity index (χ4v) is 4.10. The number of fused-ring (bicyclic) bond motifs is 1. The van der Waals surface area contributed by atoms with Gasteiger partial charge in [0.25, 0.3) is 0 Å². The van der Waals surface area contributed by atoms with E-state index in [-0.39, 0.29) is 11.4 Å². The van der Waals surface area contributed by atoms with E-state index in [2.05, 4.69) is 32.3 Å². The van der Waals surface area contributed by atoms with Crippen molar-refractivity contribution in [3.8, 4) is 11.8 Å². The van der Waals surface area contributed by atoms with Crippen LogP contribution in [0.2, 0.25) is 5.02 Å². The highest BCUT2D eigenvalue weighted by molar-refractivity contribution is 6.31. The fraction of sp³-hybridized carbons (Fsp3) is 0.240. The van der Waals surface area contributed by atoms with E-state index in [0.29, 0.717) is 46.4 Å². The Balaban J connectivity index is 1.27. The zero-order valence-electron chi connectivity index (χ0n) is 18.8. The average Bonchev–Trinajstić information content (AvgIpc) is 3.25. The zero-order chi connectivity index (χ0) is 24.7. The highest BCUT2D eigenvalue weighted by atomic mass is 35.5. The van der Waals surface area contributed by atoms with Crippen molar-refractivity contribution in [2.75, 3.05) is 5.32 Å². The van der Waals surface area contributed by atoms with Crippen molar-refractivity contribution in [3.05, 3.63) is 69.7 Å². The summed E-state index contributed by atoms with van der Waals surface area (Å²) in [5.41, 5.74) is 2.00. The van der Waals surface area contributed by atoms with E-state index in [1.807, 2.05) is 6.07 Å². The molecule has 2 N–H and O–H groups in total. The number of carboxylic acid groups (broad SMARTS) is 1. The van der Waals surface area contributed by atoms with E-state index < -0.39 is 23.6 Å². The summed E-state index contributed by atoms with van der Waals surface area (Å²) in [5, 5.41) is 16.5. The van der Waals surface area contributed by atoms with Crippen LogP contribution in [-0.2, 0) is 9.53 Å². The number of nitrogens with one attached hydrogen (secondary N) is 1. The largest absolute Gasteiger partial charge is 0.481 e. The smallest absolute Gasteiger partial charge is 0.412 e. The second kappa shape index (κ2) is 8.56. The van der Waals surface area contributed by atoms with Crippen molar-refractivity contribution >= 4 is 40.9 Å². The number of hydrogen-bond acceptors (Lipinski definition) is 7. The highest BCUT2D eigenvalue weighted by Crippen LogP contribution is 2.54. The molecule has 10 heteroatoms. The Morgan fingerprint density at radius 1 is 1.23 bits per heavy atom. The number of allylic oxidation sites excluding steroid dienone is 1. The number of anilines is 1. The first kappa shape index (κ1) is 22.6. The summed E-state index contributed by atoms with van der Waals surface area (Å²) >= 11 is 6.17. The first-order valence-electron chi connectivity index (χ1n) is 10.8. The Bertz CT molecular complexity index is 1450. The molecule has 9 nitrogen and oxygen atoms in total. The molecule has 1 atom stereocenters. The van der Waals surface area contributed by atoms with Gasteiger partial charge in [0.1, 0.15) is 22.9 Å². The summed E-state index contributed by atoms with van der Waals surface area (Å²) in [6.07, 6.45) is 3.35. The molecule has 176 valence electrons. The van der Waals surface area contributed by atoms with Crippen LogP contribution in [0.25, 0.3) is 0 Å². The van der Waals surface area contributed by atoms with Gasteiger partial charge >= 0.3 is 12.1 Å². The van der Waals surface area contributed by atoms with Crippen molar-refractivity contribution in [2.45, 2.75) is 32.8 Å². The van der Waals surface area contributed by atoms with Gasteiger partial charge < -0.3 is 14.4 Å². The van der Waals surface area contributed by atoms with E-state index >= 15 is 0 Å². The zero-order valence-corrected chi connectivity index (χ0v) is 19.5. The highest BCUT2D eigenvalue weighted by Gasteiger charge is 2.55. The number of aliphatic carboxylic acids is 1. The van der Waals surface area contributed by atoms with Gasteiger partial charge in [-0.3, -0.25) is 10.1 Å². The first-order chi connectivity index (χ1) is 16.8. The van der Waals surface area contributed by atoms with Crippen LogP contribution < -0.4 is 5.32 Å². The summed E-state index contributed by atoms with van der Waals surface area (Å²) in [5.74, 6) is 5.68. The third kappa shape index (κ3) is 4.24. The van der Waals surface area contributed by atoms with Crippen LogP contribution in [0.1, 0.15) is 42.9 Å². The number of benzene rings is 1. The third-order valence-electron chi connectivity index (χ3n) is 5.97. The molecule has 1 saturated carbocycles. The van der Waals surface area contributed by atoms with Crippen LogP contribution in [-0.4, -0.2) is 33.9 Å². The number of amides is 1. The minimum absolute atomic E-state index is 0.212. The minimum Gasteiger partial charge on any atom is -0.481 e. The van der Waals surface area contributed by atoms with Gasteiger partial charge in [0.15, 0.2) is 17.3 Å². The van der Waals surface area contributed by atoms with Crippen molar-refractivity contribution < 1.29 is 24.0 Å². The van der Waals surface area contributed by atoms with E-state index in [1.165, 1.54) is 0 Å². The Morgan fingerprint density at radius 2 is 2.00 bits per heavy atom. The van der Waals surface area contributed by atoms with E-state index in [1.54, 1.807) is 44.2 Å². The number of aryl methyl sites for hydroxylation is 1.